The van der Waals surface area contributed by atoms with Crippen molar-refractivity contribution in [2.75, 3.05) is 0 Å². The van der Waals surface area contributed by atoms with Crippen molar-refractivity contribution in [3.05, 3.63) is 70.8 Å². The van der Waals surface area contributed by atoms with Crippen LogP contribution in [-0.4, -0.2) is 0 Å². The van der Waals surface area contributed by atoms with Crippen LogP contribution in [0.1, 0.15) is 35.1 Å². The monoisotopic (exact) mass is 308 g/mol. The van der Waals surface area contributed by atoms with Crippen molar-refractivity contribution >= 4 is 32.3 Å². The van der Waals surface area contributed by atoms with Gasteiger partial charge in [-0.15, -0.1) is 0 Å². The molecule has 0 spiro atoms. The minimum Gasteiger partial charge on any atom is -0.0581 e. The molecule has 4 aromatic carbocycles. The lowest BCUT2D eigenvalue weighted by Gasteiger charge is -2.12. The zero-order valence-electron chi connectivity index (χ0n) is 13.9. The molecule has 0 aromatic heterocycles. The third-order valence-electron chi connectivity index (χ3n) is 6.36. The maximum absolute atomic E-state index is 2.38. The fraction of sp³-hybridized carbons (Fsp3) is 0.250. The van der Waals surface area contributed by atoms with Gasteiger partial charge in [0.1, 0.15) is 0 Å². The van der Waals surface area contributed by atoms with Gasteiger partial charge in [-0.1, -0.05) is 48.5 Å². The van der Waals surface area contributed by atoms with Gasteiger partial charge in [0.25, 0.3) is 0 Å². The van der Waals surface area contributed by atoms with Gasteiger partial charge in [-0.25, -0.2) is 0 Å². The molecule has 0 heteroatoms. The summed E-state index contributed by atoms with van der Waals surface area (Å²) in [7, 11) is 0. The maximum Gasteiger partial charge on any atom is -0.00989 e. The van der Waals surface area contributed by atoms with Crippen molar-refractivity contribution in [3.63, 3.8) is 0 Å². The van der Waals surface area contributed by atoms with Crippen molar-refractivity contribution < 1.29 is 0 Å². The van der Waals surface area contributed by atoms with Gasteiger partial charge in [-0.3, -0.25) is 0 Å². The first-order valence-electron chi connectivity index (χ1n) is 9.31. The number of benzene rings is 4. The Morgan fingerprint density at radius 3 is 1.25 bits per heavy atom. The van der Waals surface area contributed by atoms with E-state index in [-0.39, 0.29) is 0 Å². The van der Waals surface area contributed by atoms with Gasteiger partial charge in [0.2, 0.25) is 0 Å². The molecular weight excluding hydrogens is 288 g/mol. The Hall–Kier alpha value is -2.34. The molecule has 0 aliphatic heterocycles. The normalized spacial score (nSPS) is 16.2. The Morgan fingerprint density at radius 2 is 0.750 bits per heavy atom. The van der Waals surface area contributed by atoms with Crippen molar-refractivity contribution in [1.82, 2.24) is 0 Å². The van der Waals surface area contributed by atoms with E-state index in [1.54, 1.807) is 22.3 Å². The summed E-state index contributed by atoms with van der Waals surface area (Å²) >= 11 is 0. The second-order valence-corrected chi connectivity index (χ2v) is 7.53. The highest BCUT2D eigenvalue weighted by atomic mass is 14.2. The number of fused-ring (bicyclic) bond motifs is 9. The molecule has 0 saturated heterocycles. The molecule has 2 aliphatic carbocycles. The van der Waals surface area contributed by atoms with Gasteiger partial charge in [-0.05, 0) is 93.1 Å². The molecule has 0 nitrogen and oxygen atoms in total. The van der Waals surface area contributed by atoms with Gasteiger partial charge >= 0.3 is 0 Å². The number of hydrogen-bond donors (Lipinski definition) is 0. The van der Waals surface area contributed by atoms with Gasteiger partial charge in [-0.2, -0.15) is 0 Å². The minimum atomic E-state index is 1.25. The second-order valence-electron chi connectivity index (χ2n) is 7.53. The van der Waals surface area contributed by atoms with Gasteiger partial charge in [0.15, 0.2) is 0 Å². The van der Waals surface area contributed by atoms with E-state index in [0.717, 1.165) is 0 Å². The minimum absolute atomic E-state index is 1.25. The highest BCUT2D eigenvalue weighted by Crippen LogP contribution is 2.38. The molecule has 0 heterocycles. The summed E-state index contributed by atoms with van der Waals surface area (Å²) in [6, 6.07) is 19.0. The van der Waals surface area contributed by atoms with Crippen LogP contribution in [0.4, 0.5) is 0 Å². The molecule has 0 atom stereocenters. The van der Waals surface area contributed by atoms with Crippen molar-refractivity contribution in [1.29, 1.82) is 0 Å². The Kier molecular flexibility index (Phi) is 2.49. The van der Waals surface area contributed by atoms with E-state index >= 15 is 0 Å². The Bertz CT molecular complexity index is 1050. The van der Waals surface area contributed by atoms with E-state index in [9.17, 15) is 0 Å². The van der Waals surface area contributed by atoms with Gasteiger partial charge in [0, 0.05) is 0 Å². The van der Waals surface area contributed by atoms with Crippen LogP contribution in [0.25, 0.3) is 32.3 Å². The Morgan fingerprint density at radius 1 is 0.375 bits per heavy atom. The summed E-state index contributed by atoms with van der Waals surface area (Å²) in [5, 5.41) is 8.70. The second kappa shape index (κ2) is 4.60. The zero-order chi connectivity index (χ0) is 15.7. The molecular formula is C24H20. The molecule has 4 aromatic rings. The molecule has 116 valence electrons. The predicted octanol–water partition coefficient (Wildman–Crippen LogP) is 6.12. The average molecular weight is 308 g/mol. The quantitative estimate of drug-likeness (QED) is 0.343. The molecule has 0 unspecified atom stereocenters. The summed E-state index contributed by atoms with van der Waals surface area (Å²) in [5.74, 6) is 0. The summed E-state index contributed by atoms with van der Waals surface area (Å²) < 4.78 is 0. The van der Waals surface area contributed by atoms with Gasteiger partial charge in [0.05, 0.1) is 0 Å². The average Bonchev–Trinajstić information content (AvgIpc) is 3.29. The van der Waals surface area contributed by atoms with E-state index in [4.69, 9.17) is 0 Å². The summed E-state index contributed by atoms with van der Waals surface area (Å²) in [6.07, 6.45) is 7.64. The number of rotatable bonds is 0. The van der Waals surface area contributed by atoms with Crippen LogP contribution in [0.2, 0.25) is 0 Å². The lowest BCUT2D eigenvalue weighted by Crippen LogP contribution is -1.89. The van der Waals surface area contributed by atoms with E-state index < -0.39 is 0 Å². The first-order valence-corrected chi connectivity index (χ1v) is 9.31. The highest BCUT2D eigenvalue weighted by Gasteiger charge is 2.17. The summed E-state index contributed by atoms with van der Waals surface area (Å²) in [5.41, 5.74) is 6.34. The van der Waals surface area contributed by atoms with Crippen LogP contribution in [0.5, 0.6) is 0 Å². The fourth-order valence-corrected chi connectivity index (χ4v) is 5.22. The number of hydrogen-bond acceptors (Lipinski definition) is 0. The fourth-order valence-electron chi connectivity index (χ4n) is 5.22. The third kappa shape index (κ3) is 1.59. The first-order chi connectivity index (χ1) is 11.9. The van der Waals surface area contributed by atoms with Crippen molar-refractivity contribution in [2.24, 2.45) is 0 Å². The lowest BCUT2D eigenvalue weighted by atomic mass is 9.91. The highest BCUT2D eigenvalue weighted by molar-refractivity contribution is 6.18. The lowest BCUT2D eigenvalue weighted by molar-refractivity contribution is 0.913. The zero-order valence-corrected chi connectivity index (χ0v) is 13.9. The molecule has 0 radical (unpaired) electrons. The van der Waals surface area contributed by atoms with Crippen LogP contribution in [-0.2, 0) is 25.7 Å². The Labute approximate surface area is 142 Å². The molecule has 0 fully saturated rings. The van der Waals surface area contributed by atoms with Crippen LogP contribution >= 0.6 is 0 Å². The van der Waals surface area contributed by atoms with E-state index in [1.807, 2.05) is 0 Å². The Balaban J connectivity index is 1.76. The predicted molar refractivity (Wildman–Crippen MR) is 103 cm³/mol. The molecule has 0 saturated carbocycles. The number of aryl methyl sites for hydroxylation is 4. The first kappa shape index (κ1) is 13.0. The van der Waals surface area contributed by atoms with Crippen molar-refractivity contribution in [3.8, 4) is 0 Å². The largest absolute Gasteiger partial charge is 0.0581 e. The van der Waals surface area contributed by atoms with Crippen molar-refractivity contribution in [2.45, 2.75) is 38.5 Å². The van der Waals surface area contributed by atoms with Crippen LogP contribution in [0.3, 0.4) is 0 Å². The summed E-state index contributed by atoms with van der Waals surface area (Å²) in [4.78, 5) is 0. The molecule has 0 amide bonds. The molecule has 0 bridgehead atoms. The smallest absolute Gasteiger partial charge is 0.00989 e. The maximum atomic E-state index is 2.38. The van der Waals surface area contributed by atoms with E-state index in [1.165, 1.54) is 70.8 Å². The molecule has 24 heavy (non-hydrogen) atoms. The van der Waals surface area contributed by atoms with E-state index in [2.05, 4.69) is 48.5 Å². The third-order valence-corrected chi connectivity index (χ3v) is 6.36. The van der Waals surface area contributed by atoms with Crippen LogP contribution < -0.4 is 0 Å². The molecule has 6 rings (SSSR count). The van der Waals surface area contributed by atoms with E-state index in [0.29, 0.717) is 0 Å². The summed E-state index contributed by atoms with van der Waals surface area (Å²) in [6.45, 7) is 0. The molecule has 0 N–H and O–H groups in total. The van der Waals surface area contributed by atoms with Crippen LogP contribution in [0.15, 0.2) is 48.5 Å². The topological polar surface area (TPSA) is 0 Å². The van der Waals surface area contributed by atoms with Crippen LogP contribution in [0, 0.1) is 0 Å². The SMILES string of the molecule is c1cc2c(ccc3c4ccc5c(c4ccc23)CCC5)c2c1CCC2. The van der Waals surface area contributed by atoms with Gasteiger partial charge < -0.3 is 0 Å². The standard InChI is InChI=1S/C24H20/c1-3-15-7-9-21-19(17(15)5-1)11-13-24-22-10-8-16-4-2-6-18(16)20(22)12-14-23(21)24/h7-14H,1-6H2. The molecule has 2 aliphatic rings.